The van der Waals surface area contributed by atoms with Gasteiger partial charge in [-0.1, -0.05) is 6.42 Å². The van der Waals surface area contributed by atoms with Gasteiger partial charge in [0.05, 0.1) is 0 Å². The lowest BCUT2D eigenvalue weighted by Gasteiger charge is -2.45. The molecule has 0 spiro atoms. The summed E-state index contributed by atoms with van der Waals surface area (Å²) in [5.74, 6) is 1.28. The fourth-order valence-corrected chi connectivity index (χ4v) is 4.29. The van der Waals surface area contributed by atoms with Gasteiger partial charge >= 0.3 is 0 Å². The van der Waals surface area contributed by atoms with Gasteiger partial charge in [-0.05, 0) is 49.0 Å². The Balaban J connectivity index is 0.00000133. The first kappa shape index (κ1) is 14.8. The topological polar surface area (TPSA) is 55.1 Å². The Bertz CT molecular complexity index is 409. The first-order valence-corrected chi connectivity index (χ1v) is 7.77. The SMILES string of the molecule is Cl.NC1CC2CCCC(C1)C2NC(=O)c1ccsc1. The molecule has 1 amide bonds. The van der Waals surface area contributed by atoms with Crippen molar-refractivity contribution in [3.63, 3.8) is 0 Å². The molecule has 1 aromatic rings. The summed E-state index contributed by atoms with van der Waals surface area (Å²) in [6.07, 6.45) is 5.89. The van der Waals surface area contributed by atoms with Gasteiger partial charge in [0.15, 0.2) is 0 Å². The molecular weight excluding hydrogens is 280 g/mol. The van der Waals surface area contributed by atoms with Crippen LogP contribution in [0, 0.1) is 11.8 Å². The van der Waals surface area contributed by atoms with Crippen LogP contribution in [0.5, 0.6) is 0 Å². The van der Waals surface area contributed by atoms with Crippen LogP contribution in [0.15, 0.2) is 16.8 Å². The van der Waals surface area contributed by atoms with E-state index in [0.717, 1.165) is 18.4 Å². The highest BCUT2D eigenvalue weighted by Gasteiger charge is 2.39. The van der Waals surface area contributed by atoms with Crippen molar-refractivity contribution >= 4 is 29.7 Å². The fraction of sp³-hybridized carbons (Fsp3) is 0.643. The van der Waals surface area contributed by atoms with Gasteiger partial charge in [-0.15, -0.1) is 12.4 Å². The van der Waals surface area contributed by atoms with Crippen LogP contribution in [0.3, 0.4) is 0 Å². The smallest absolute Gasteiger partial charge is 0.252 e. The quantitative estimate of drug-likeness (QED) is 0.882. The van der Waals surface area contributed by atoms with Crippen molar-refractivity contribution in [3.05, 3.63) is 22.4 Å². The number of carbonyl (C=O) groups is 1. The first-order chi connectivity index (χ1) is 8.74. The van der Waals surface area contributed by atoms with Gasteiger partial charge in [0, 0.05) is 23.0 Å². The number of halogens is 1. The summed E-state index contributed by atoms with van der Waals surface area (Å²) >= 11 is 1.57. The number of thiophene rings is 1. The molecule has 0 aliphatic heterocycles. The second kappa shape index (κ2) is 6.25. The molecule has 3 rings (SSSR count). The molecule has 19 heavy (non-hydrogen) atoms. The summed E-state index contributed by atoms with van der Waals surface area (Å²) in [6, 6.07) is 2.59. The number of rotatable bonds is 2. The van der Waals surface area contributed by atoms with Crippen molar-refractivity contribution in [2.75, 3.05) is 0 Å². The van der Waals surface area contributed by atoms with Crippen LogP contribution in [0.1, 0.15) is 42.5 Å². The maximum Gasteiger partial charge on any atom is 0.252 e. The fourth-order valence-electron chi connectivity index (χ4n) is 3.65. The second-order valence-electron chi connectivity index (χ2n) is 5.69. The van der Waals surface area contributed by atoms with Crippen molar-refractivity contribution in [3.8, 4) is 0 Å². The van der Waals surface area contributed by atoms with Gasteiger partial charge in [0.25, 0.3) is 5.91 Å². The zero-order chi connectivity index (χ0) is 12.5. The van der Waals surface area contributed by atoms with Crippen LogP contribution in [0.4, 0.5) is 0 Å². The molecule has 2 bridgehead atoms. The number of nitrogens with two attached hydrogens (primary N) is 1. The standard InChI is InChI=1S/C14H20N2OS.ClH/c15-12-6-9-2-1-3-10(7-12)13(9)16-14(17)11-4-5-18-8-11;/h4-5,8-10,12-13H,1-3,6-7,15H2,(H,16,17);1H. The summed E-state index contributed by atoms with van der Waals surface area (Å²) in [6.45, 7) is 0. The lowest BCUT2D eigenvalue weighted by Crippen LogP contribution is -2.53. The van der Waals surface area contributed by atoms with Crippen LogP contribution < -0.4 is 11.1 Å². The number of hydrogen-bond acceptors (Lipinski definition) is 3. The minimum Gasteiger partial charge on any atom is -0.349 e. The summed E-state index contributed by atoms with van der Waals surface area (Å²) in [4.78, 5) is 12.2. The summed E-state index contributed by atoms with van der Waals surface area (Å²) < 4.78 is 0. The highest BCUT2D eigenvalue weighted by atomic mass is 35.5. The van der Waals surface area contributed by atoms with Crippen LogP contribution in [-0.2, 0) is 0 Å². The van der Waals surface area contributed by atoms with Gasteiger partial charge in [-0.25, -0.2) is 0 Å². The number of hydrogen-bond donors (Lipinski definition) is 2. The number of fused-ring (bicyclic) bond motifs is 2. The maximum absolute atomic E-state index is 12.2. The van der Waals surface area contributed by atoms with Crippen molar-refractivity contribution in [1.29, 1.82) is 0 Å². The third-order valence-corrected chi connectivity index (χ3v) is 5.14. The van der Waals surface area contributed by atoms with Crippen molar-refractivity contribution < 1.29 is 4.79 Å². The van der Waals surface area contributed by atoms with Crippen molar-refractivity contribution in [1.82, 2.24) is 5.32 Å². The molecule has 0 aromatic carbocycles. The van der Waals surface area contributed by atoms with Gasteiger partial charge in [-0.3, -0.25) is 4.79 Å². The van der Waals surface area contributed by atoms with E-state index in [4.69, 9.17) is 5.73 Å². The normalized spacial score (nSPS) is 33.3. The van der Waals surface area contributed by atoms with Crippen LogP contribution >= 0.6 is 23.7 Å². The third-order valence-electron chi connectivity index (χ3n) is 4.46. The number of amides is 1. The zero-order valence-corrected chi connectivity index (χ0v) is 12.5. The zero-order valence-electron chi connectivity index (χ0n) is 10.9. The van der Waals surface area contributed by atoms with E-state index in [-0.39, 0.29) is 18.3 Å². The highest BCUT2D eigenvalue weighted by molar-refractivity contribution is 7.08. The molecule has 2 fully saturated rings. The van der Waals surface area contributed by atoms with Gasteiger partial charge < -0.3 is 11.1 Å². The average molecular weight is 301 g/mol. The largest absolute Gasteiger partial charge is 0.349 e. The molecule has 5 heteroatoms. The van der Waals surface area contributed by atoms with E-state index < -0.39 is 0 Å². The molecule has 2 aliphatic carbocycles. The molecule has 2 unspecified atom stereocenters. The summed E-state index contributed by atoms with van der Waals surface area (Å²) in [5.41, 5.74) is 6.90. The van der Waals surface area contributed by atoms with E-state index >= 15 is 0 Å². The molecule has 1 aromatic heterocycles. The van der Waals surface area contributed by atoms with Crippen LogP contribution in [0.2, 0.25) is 0 Å². The maximum atomic E-state index is 12.2. The van der Waals surface area contributed by atoms with E-state index in [2.05, 4.69) is 5.32 Å². The average Bonchev–Trinajstić information content (AvgIpc) is 2.83. The minimum atomic E-state index is 0. The van der Waals surface area contributed by atoms with Crippen molar-refractivity contribution in [2.45, 2.75) is 44.2 Å². The lowest BCUT2D eigenvalue weighted by molar-refractivity contribution is 0.0756. The Morgan fingerprint density at radius 1 is 1.32 bits per heavy atom. The van der Waals surface area contributed by atoms with Crippen LogP contribution in [-0.4, -0.2) is 18.0 Å². The monoisotopic (exact) mass is 300 g/mol. The van der Waals surface area contributed by atoms with Gasteiger partial charge in [-0.2, -0.15) is 11.3 Å². The van der Waals surface area contributed by atoms with Crippen molar-refractivity contribution in [2.24, 2.45) is 17.6 Å². The Kier molecular flexibility index (Phi) is 4.87. The van der Waals surface area contributed by atoms with E-state index in [1.807, 2.05) is 16.8 Å². The molecule has 3 nitrogen and oxygen atoms in total. The molecule has 1 heterocycles. The Morgan fingerprint density at radius 3 is 2.58 bits per heavy atom. The lowest BCUT2D eigenvalue weighted by atomic mass is 9.67. The van der Waals surface area contributed by atoms with E-state index in [0.29, 0.717) is 23.9 Å². The number of carbonyl (C=O) groups excluding carboxylic acids is 1. The molecule has 3 N–H and O–H groups in total. The third kappa shape index (κ3) is 3.12. The van der Waals surface area contributed by atoms with Crippen LogP contribution in [0.25, 0.3) is 0 Å². The second-order valence-corrected chi connectivity index (χ2v) is 6.47. The first-order valence-electron chi connectivity index (χ1n) is 6.82. The summed E-state index contributed by atoms with van der Waals surface area (Å²) in [5, 5.41) is 7.12. The molecule has 106 valence electrons. The molecular formula is C14H21ClN2OS. The van der Waals surface area contributed by atoms with Gasteiger partial charge in [0.2, 0.25) is 0 Å². The highest BCUT2D eigenvalue weighted by Crippen LogP contribution is 2.39. The van der Waals surface area contributed by atoms with E-state index in [1.165, 1.54) is 19.3 Å². The predicted octanol–water partition coefficient (Wildman–Crippen LogP) is 2.81. The predicted molar refractivity (Wildman–Crippen MR) is 80.9 cm³/mol. The Labute approximate surface area is 124 Å². The molecule has 0 radical (unpaired) electrons. The Morgan fingerprint density at radius 2 is 2.00 bits per heavy atom. The Hall–Kier alpha value is -0.580. The van der Waals surface area contributed by atoms with E-state index in [1.54, 1.807) is 11.3 Å². The minimum absolute atomic E-state index is 0. The van der Waals surface area contributed by atoms with E-state index in [9.17, 15) is 4.79 Å². The molecule has 2 atom stereocenters. The molecule has 2 aliphatic rings. The summed E-state index contributed by atoms with van der Waals surface area (Å²) in [7, 11) is 0. The number of nitrogens with one attached hydrogen (secondary N) is 1. The molecule has 0 saturated heterocycles. The van der Waals surface area contributed by atoms with Gasteiger partial charge in [0.1, 0.15) is 0 Å². The molecule has 2 saturated carbocycles.